The van der Waals surface area contributed by atoms with Crippen LogP contribution in [0.5, 0.6) is 0 Å². The summed E-state index contributed by atoms with van der Waals surface area (Å²) in [5.41, 5.74) is 0.540. The van der Waals surface area contributed by atoms with E-state index in [1.807, 2.05) is 13.8 Å². The highest BCUT2D eigenvalue weighted by Crippen LogP contribution is 2.43. The van der Waals surface area contributed by atoms with E-state index in [2.05, 4.69) is 5.32 Å². The van der Waals surface area contributed by atoms with E-state index in [9.17, 15) is 16.8 Å². The minimum absolute atomic E-state index is 0.0869. The molecule has 0 unspecified atom stereocenters. The smallest absolute Gasteiger partial charge is 0.247 e. The Balaban J connectivity index is 2.59. The van der Waals surface area contributed by atoms with Crippen molar-refractivity contribution in [2.75, 3.05) is 6.54 Å². The summed E-state index contributed by atoms with van der Waals surface area (Å²) in [6, 6.07) is 1.26. The lowest BCUT2D eigenvalue weighted by molar-refractivity contribution is 0.456. The van der Waals surface area contributed by atoms with E-state index in [4.69, 9.17) is 5.14 Å². The number of sulfonamides is 1. The normalized spacial score (nSPS) is 24.7. The van der Waals surface area contributed by atoms with Gasteiger partial charge in [-0.1, -0.05) is 20.3 Å². The van der Waals surface area contributed by atoms with Crippen LogP contribution < -0.4 is 10.5 Å². The van der Waals surface area contributed by atoms with Gasteiger partial charge in [-0.3, -0.25) is 0 Å². The lowest BCUT2D eigenvalue weighted by atomic mass is 10.0. The fourth-order valence-corrected chi connectivity index (χ4v) is 7.49. The predicted octanol–water partition coefficient (Wildman–Crippen LogP) is 1.39. The number of thiophene rings is 1. The molecule has 21 heavy (non-hydrogen) atoms. The molecule has 2 atom stereocenters. The summed E-state index contributed by atoms with van der Waals surface area (Å²) in [6.07, 6.45) is 1.82. The minimum atomic E-state index is -3.89. The molecule has 0 amide bonds. The van der Waals surface area contributed by atoms with Crippen LogP contribution >= 0.6 is 11.3 Å². The second-order valence-electron chi connectivity index (χ2n) is 5.15. The van der Waals surface area contributed by atoms with E-state index >= 15 is 0 Å². The van der Waals surface area contributed by atoms with Gasteiger partial charge in [0.2, 0.25) is 10.0 Å². The first-order valence-corrected chi connectivity index (χ1v) is 10.8. The Bertz CT molecular complexity index is 722. The maximum absolute atomic E-state index is 12.6. The Morgan fingerprint density at radius 3 is 2.62 bits per heavy atom. The summed E-state index contributed by atoms with van der Waals surface area (Å²) in [5.74, 6) is 0. The third-order valence-electron chi connectivity index (χ3n) is 3.62. The third-order valence-corrected chi connectivity index (χ3v) is 8.99. The van der Waals surface area contributed by atoms with E-state index in [0.29, 0.717) is 24.9 Å². The average Bonchev–Trinajstić information content (AvgIpc) is 2.82. The molecular weight excluding hydrogens is 332 g/mol. The van der Waals surface area contributed by atoms with Gasteiger partial charge in [-0.15, -0.1) is 11.3 Å². The molecule has 0 spiro atoms. The van der Waals surface area contributed by atoms with Crippen LogP contribution in [0.25, 0.3) is 0 Å². The summed E-state index contributed by atoms with van der Waals surface area (Å²) in [5, 5.41) is 7.91. The van der Waals surface area contributed by atoms with Crippen LogP contribution in [0.15, 0.2) is 14.5 Å². The molecule has 3 N–H and O–H groups in total. The van der Waals surface area contributed by atoms with Crippen molar-refractivity contribution in [2.45, 2.75) is 52.8 Å². The van der Waals surface area contributed by atoms with E-state index in [1.165, 1.54) is 6.07 Å². The van der Waals surface area contributed by atoms with E-state index in [0.717, 1.165) is 17.8 Å². The van der Waals surface area contributed by atoms with Crippen molar-refractivity contribution in [1.29, 1.82) is 0 Å². The summed E-state index contributed by atoms with van der Waals surface area (Å²) in [7, 11) is -7.37. The number of primary sulfonamides is 1. The van der Waals surface area contributed by atoms with Crippen molar-refractivity contribution < 1.29 is 16.8 Å². The summed E-state index contributed by atoms with van der Waals surface area (Å²) in [6.45, 7) is 4.56. The zero-order chi connectivity index (χ0) is 15.8. The number of fused-ring (bicyclic) bond motifs is 1. The molecule has 0 aromatic carbocycles. The first kappa shape index (κ1) is 16.9. The van der Waals surface area contributed by atoms with E-state index in [-0.39, 0.29) is 14.5 Å². The molecule has 2 rings (SSSR count). The number of hydrogen-bond donors (Lipinski definition) is 2. The summed E-state index contributed by atoms with van der Waals surface area (Å²) >= 11 is 0.768. The molecule has 0 saturated carbocycles. The molecule has 1 aromatic heterocycles. The molecule has 2 heterocycles. The van der Waals surface area contributed by atoms with Gasteiger partial charge in [-0.25, -0.2) is 22.0 Å². The summed E-state index contributed by atoms with van der Waals surface area (Å²) < 4.78 is 48.3. The van der Waals surface area contributed by atoms with Crippen LogP contribution in [-0.4, -0.2) is 28.6 Å². The first-order valence-electron chi connectivity index (χ1n) is 6.85. The highest BCUT2D eigenvalue weighted by molar-refractivity contribution is 7.95. The van der Waals surface area contributed by atoms with E-state index < -0.39 is 25.1 Å². The molecule has 120 valence electrons. The van der Waals surface area contributed by atoms with Gasteiger partial charge in [0.15, 0.2) is 9.84 Å². The number of rotatable bonds is 5. The van der Waals surface area contributed by atoms with Crippen molar-refractivity contribution in [3.8, 4) is 0 Å². The van der Waals surface area contributed by atoms with Crippen LogP contribution in [0.3, 0.4) is 0 Å². The molecule has 9 heteroatoms. The van der Waals surface area contributed by atoms with Crippen LogP contribution in [0.1, 0.15) is 44.7 Å². The predicted molar refractivity (Wildman–Crippen MR) is 82.6 cm³/mol. The first-order chi connectivity index (χ1) is 9.71. The maximum Gasteiger partial charge on any atom is 0.247 e. The Morgan fingerprint density at radius 1 is 1.43 bits per heavy atom. The standard InChI is InChI=1S/C12H20N2O4S3/c1-3-5-8-6-10(14-4-2)9-7-11(21(13,17)18)19-12(9)20(8,15)16/h7-8,10,14H,3-6H2,1-2H3,(H2,13,17,18)/t8-,10-/m0/s1. The van der Waals surface area contributed by atoms with Gasteiger partial charge in [0.1, 0.15) is 8.42 Å². The fourth-order valence-electron chi connectivity index (χ4n) is 2.67. The van der Waals surface area contributed by atoms with Crippen molar-refractivity contribution in [3.63, 3.8) is 0 Å². The number of nitrogens with two attached hydrogens (primary N) is 1. The van der Waals surface area contributed by atoms with Gasteiger partial charge in [-0.05, 0) is 25.5 Å². The van der Waals surface area contributed by atoms with Crippen LogP contribution in [0.2, 0.25) is 0 Å². The van der Waals surface area contributed by atoms with Gasteiger partial charge >= 0.3 is 0 Å². The fraction of sp³-hybridized carbons (Fsp3) is 0.667. The molecule has 0 radical (unpaired) electrons. The monoisotopic (exact) mass is 352 g/mol. The van der Waals surface area contributed by atoms with Gasteiger partial charge < -0.3 is 5.32 Å². The van der Waals surface area contributed by atoms with E-state index in [1.54, 1.807) is 0 Å². The Kier molecular flexibility index (Phi) is 4.79. The lowest BCUT2D eigenvalue weighted by Gasteiger charge is -2.29. The molecular formula is C12H20N2O4S3. The number of hydrogen-bond acceptors (Lipinski definition) is 6. The molecule has 1 aromatic rings. The van der Waals surface area contributed by atoms with Crippen molar-refractivity contribution >= 4 is 31.2 Å². The molecule has 1 aliphatic heterocycles. The van der Waals surface area contributed by atoms with Crippen molar-refractivity contribution in [3.05, 3.63) is 11.6 Å². The molecule has 6 nitrogen and oxygen atoms in total. The van der Waals surface area contributed by atoms with Gasteiger partial charge in [-0.2, -0.15) is 0 Å². The van der Waals surface area contributed by atoms with Crippen molar-refractivity contribution in [1.82, 2.24) is 5.32 Å². The molecule has 0 aliphatic carbocycles. The largest absolute Gasteiger partial charge is 0.310 e. The minimum Gasteiger partial charge on any atom is -0.310 e. The Hall–Kier alpha value is -0.480. The molecule has 1 aliphatic rings. The van der Waals surface area contributed by atoms with Crippen LogP contribution in [-0.2, 0) is 19.9 Å². The maximum atomic E-state index is 12.6. The third kappa shape index (κ3) is 3.16. The Morgan fingerprint density at radius 2 is 2.10 bits per heavy atom. The number of nitrogens with one attached hydrogen (secondary N) is 1. The van der Waals surface area contributed by atoms with Crippen LogP contribution in [0, 0.1) is 0 Å². The second-order valence-corrected chi connectivity index (χ2v) is 10.4. The SMILES string of the molecule is CCC[C@H]1C[C@H](NCC)c2cc(S(N)(=O)=O)sc2S1(=O)=O. The Labute approximate surface area is 129 Å². The van der Waals surface area contributed by atoms with Gasteiger partial charge in [0.05, 0.1) is 5.25 Å². The number of sulfone groups is 1. The zero-order valence-corrected chi connectivity index (χ0v) is 14.4. The average molecular weight is 353 g/mol. The van der Waals surface area contributed by atoms with Crippen LogP contribution in [0.4, 0.5) is 0 Å². The van der Waals surface area contributed by atoms with Gasteiger partial charge in [0, 0.05) is 11.6 Å². The second kappa shape index (κ2) is 5.96. The quantitative estimate of drug-likeness (QED) is 0.833. The molecule has 0 bridgehead atoms. The highest BCUT2D eigenvalue weighted by Gasteiger charge is 2.40. The van der Waals surface area contributed by atoms with Gasteiger partial charge in [0.25, 0.3) is 0 Å². The molecule has 0 fully saturated rings. The zero-order valence-electron chi connectivity index (χ0n) is 12.0. The summed E-state index contributed by atoms with van der Waals surface area (Å²) in [4.78, 5) is 0. The topological polar surface area (TPSA) is 106 Å². The van der Waals surface area contributed by atoms with Crippen molar-refractivity contribution in [2.24, 2.45) is 5.14 Å². The highest BCUT2D eigenvalue weighted by atomic mass is 32.3. The molecule has 0 saturated heterocycles. The lowest BCUT2D eigenvalue weighted by Crippen LogP contribution is -2.34.